The molecule has 0 aliphatic rings. The Labute approximate surface area is 107 Å². The number of aromatic nitrogens is 2. The van der Waals surface area contributed by atoms with Gasteiger partial charge in [-0.05, 0) is 12.5 Å². The first-order valence-electron chi connectivity index (χ1n) is 6.04. The highest BCUT2D eigenvalue weighted by atomic mass is 16.5. The molecule has 2 rings (SSSR count). The molecule has 1 heterocycles. The zero-order valence-electron chi connectivity index (χ0n) is 10.6. The Hall–Kier alpha value is -2.10. The van der Waals surface area contributed by atoms with Crippen LogP contribution in [-0.4, -0.2) is 9.97 Å². The van der Waals surface area contributed by atoms with Crippen molar-refractivity contribution in [3.63, 3.8) is 0 Å². The van der Waals surface area contributed by atoms with Crippen molar-refractivity contribution in [3.8, 4) is 5.88 Å². The molecule has 0 amide bonds. The normalized spacial score (nSPS) is 12.1. The first kappa shape index (κ1) is 12.4. The first-order valence-corrected chi connectivity index (χ1v) is 6.04. The number of aryl methyl sites for hydroxylation is 1. The van der Waals surface area contributed by atoms with E-state index in [1.54, 1.807) is 6.07 Å². The summed E-state index contributed by atoms with van der Waals surface area (Å²) < 4.78 is 5.79. The summed E-state index contributed by atoms with van der Waals surface area (Å²) >= 11 is 0. The van der Waals surface area contributed by atoms with Gasteiger partial charge in [-0.1, -0.05) is 37.3 Å². The molecule has 0 aliphatic carbocycles. The van der Waals surface area contributed by atoms with Crippen molar-refractivity contribution in [1.82, 2.24) is 9.97 Å². The van der Waals surface area contributed by atoms with E-state index in [9.17, 15) is 0 Å². The van der Waals surface area contributed by atoms with Crippen LogP contribution in [0.4, 0.5) is 5.82 Å². The van der Waals surface area contributed by atoms with Gasteiger partial charge >= 0.3 is 0 Å². The number of nitrogen functional groups attached to an aromatic ring is 1. The van der Waals surface area contributed by atoms with E-state index in [-0.39, 0.29) is 6.10 Å². The van der Waals surface area contributed by atoms with Crippen molar-refractivity contribution in [2.75, 3.05) is 5.73 Å². The van der Waals surface area contributed by atoms with E-state index in [1.807, 2.05) is 44.2 Å². The molecule has 1 aromatic heterocycles. The van der Waals surface area contributed by atoms with E-state index in [1.165, 1.54) is 0 Å². The molecule has 0 spiro atoms. The fourth-order valence-electron chi connectivity index (χ4n) is 1.68. The number of hydrogen-bond acceptors (Lipinski definition) is 4. The van der Waals surface area contributed by atoms with Crippen molar-refractivity contribution in [2.45, 2.75) is 26.4 Å². The summed E-state index contributed by atoms with van der Waals surface area (Å²) in [5.74, 6) is 1.66. The number of ether oxygens (including phenoxy) is 1. The summed E-state index contributed by atoms with van der Waals surface area (Å²) in [6, 6.07) is 11.7. The molecule has 0 saturated heterocycles. The van der Waals surface area contributed by atoms with E-state index in [4.69, 9.17) is 10.5 Å². The third kappa shape index (κ3) is 2.97. The van der Waals surface area contributed by atoms with Gasteiger partial charge in [0, 0.05) is 12.5 Å². The fraction of sp³-hybridized carbons (Fsp3) is 0.286. The van der Waals surface area contributed by atoms with Gasteiger partial charge in [0.05, 0.1) is 0 Å². The summed E-state index contributed by atoms with van der Waals surface area (Å²) in [7, 11) is 0. The molecule has 0 saturated carbocycles. The highest BCUT2D eigenvalue weighted by Gasteiger charge is 2.09. The summed E-state index contributed by atoms with van der Waals surface area (Å²) in [5, 5.41) is 0. The lowest BCUT2D eigenvalue weighted by Gasteiger charge is -2.14. The number of anilines is 1. The van der Waals surface area contributed by atoms with Crippen LogP contribution in [0.2, 0.25) is 0 Å². The van der Waals surface area contributed by atoms with Gasteiger partial charge in [-0.15, -0.1) is 0 Å². The Morgan fingerprint density at radius 3 is 2.61 bits per heavy atom. The number of benzene rings is 1. The molecule has 4 nitrogen and oxygen atoms in total. The monoisotopic (exact) mass is 243 g/mol. The Morgan fingerprint density at radius 2 is 1.94 bits per heavy atom. The summed E-state index contributed by atoms with van der Waals surface area (Å²) in [4.78, 5) is 8.42. The van der Waals surface area contributed by atoms with Gasteiger partial charge in [0.15, 0.2) is 0 Å². The topological polar surface area (TPSA) is 61.0 Å². The Morgan fingerprint density at radius 1 is 1.22 bits per heavy atom. The van der Waals surface area contributed by atoms with E-state index in [0.717, 1.165) is 12.0 Å². The van der Waals surface area contributed by atoms with Gasteiger partial charge in [0.2, 0.25) is 5.88 Å². The van der Waals surface area contributed by atoms with Gasteiger partial charge in [-0.3, -0.25) is 0 Å². The highest BCUT2D eigenvalue weighted by Crippen LogP contribution is 2.21. The second-order valence-corrected chi connectivity index (χ2v) is 4.07. The third-order valence-corrected chi connectivity index (χ3v) is 2.65. The highest BCUT2D eigenvalue weighted by molar-refractivity contribution is 5.33. The summed E-state index contributed by atoms with van der Waals surface area (Å²) in [6.07, 6.45) is 0.673. The van der Waals surface area contributed by atoms with Crippen molar-refractivity contribution in [3.05, 3.63) is 47.8 Å². The van der Waals surface area contributed by atoms with Crippen molar-refractivity contribution in [2.24, 2.45) is 0 Å². The predicted octanol–water partition coefficient (Wildman–Crippen LogP) is 2.76. The minimum Gasteiger partial charge on any atom is -0.470 e. The lowest BCUT2D eigenvalue weighted by molar-refractivity contribution is 0.216. The van der Waals surface area contributed by atoms with Crippen LogP contribution < -0.4 is 10.5 Å². The van der Waals surface area contributed by atoms with Crippen LogP contribution in [0.5, 0.6) is 5.88 Å². The molecule has 4 heteroatoms. The SMILES string of the molecule is CCc1nc(N)cc(OC(C)c2ccccc2)n1. The fourth-order valence-corrected chi connectivity index (χ4v) is 1.68. The van der Waals surface area contributed by atoms with Crippen LogP contribution >= 0.6 is 0 Å². The van der Waals surface area contributed by atoms with Crippen molar-refractivity contribution >= 4 is 5.82 Å². The largest absolute Gasteiger partial charge is 0.470 e. The Balaban J connectivity index is 2.16. The van der Waals surface area contributed by atoms with Crippen LogP contribution in [0.3, 0.4) is 0 Å². The molecule has 1 unspecified atom stereocenters. The van der Waals surface area contributed by atoms with E-state index in [0.29, 0.717) is 17.5 Å². The molecule has 1 aromatic carbocycles. The average molecular weight is 243 g/mol. The second-order valence-electron chi connectivity index (χ2n) is 4.07. The van der Waals surface area contributed by atoms with Crippen molar-refractivity contribution in [1.29, 1.82) is 0 Å². The molecule has 0 aliphatic heterocycles. The predicted molar refractivity (Wildman–Crippen MR) is 71.3 cm³/mol. The van der Waals surface area contributed by atoms with Crippen LogP contribution in [0.15, 0.2) is 36.4 Å². The average Bonchev–Trinajstić information content (AvgIpc) is 2.39. The maximum absolute atomic E-state index is 5.79. The maximum atomic E-state index is 5.79. The Bertz CT molecular complexity index is 514. The molecule has 2 aromatic rings. The zero-order valence-corrected chi connectivity index (χ0v) is 10.6. The van der Waals surface area contributed by atoms with Crippen LogP contribution in [0, 0.1) is 0 Å². The molecule has 0 bridgehead atoms. The van der Waals surface area contributed by atoms with Gasteiger partial charge < -0.3 is 10.5 Å². The standard InChI is InChI=1S/C14H17N3O/c1-3-13-16-12(15)9-14(17-13)18-10(2)11-7-5-4-6-8-11/h4-10H,3H2,1-2H3,(H2,15,16,17). The van der Waals surface area contributed by atoms with E-state index in [2.05, 4.69) is 9.97 Å². The molecule has 94 valence electrons. The number of nitrogens with zero attached hydrogens (tertiary/aromatic N) is 2. The lowest BCUT2D eigenvalue weighted by Crippen LogP contribution is -2.07. The van der Waals surface area contributed by atoms with Crippen LogP contribution in [0.25, 0.3) is 0 Å². The number of nitrogens with two attached hydrogens (primary N) is 1. The van der Waals surface area contributed by atoms with E-state index >= 15 is 0 Å². The maximum Gasteiger partial charge on any atom is 0.219 e. The summed E-state index contributed by atoms with van der Waals surface area (Å²) in [5.41, 5.74) is 6.82. The zero-order chi connectivity index (χ0) is 13.0. The number of rotatable bonds is 4. The molecular weight excluding hydrogens is 226 g/mol. The van der Waals surface area contributed by atoms with Gasteiger partial charge in [-0.25, -0.2) is 4.98 Å². The van der Waals surface area contributed by atoms with Crippen LogP contribution in [-0.2, 0) is 6.42 Å². The molecular formula is C14H17N3O. The lowest BCUT2D eigenvalue weighted by atomic mass is 10.1. The van der Waals surface area contributed by atoms with Crippen molar-refractivity contribution < 1.29 is 4.74 Å². The minimum absolute atomic E-state index is 0.0646. The molecule has 1 atom stereocenters. The summed E-state index contributed by atoms with van der Waals surface area (Å²) in [6.45, 7) is 3.97. The molecule has 0 radical (unpaired) electrons. The van der Waals surface area contributed by atoms with Gasteiger partial charge in [-0.2, -0.15) is 4.98 Å². The van der Waals surface area contributed by atoms with Gasteiger partial charge in [0.25, 0.3) is 0 Å². The van der Waals surface area contributed by atoms with Crippen LogP contribution in [0.1, 0.15) is 31.3 Å². The molecule has 0 fully saturated rings. The van der Waals surface area contributed by atoms with Gasteiger partial charge in [0.1, 0.15) is 17.7 Å². The molecule has 18 heavy (non-hydrogen) atoms. The number of hydrogen-bond donors (Lipinski definition) is 1. The minimum atomic E-state index is -0.0646. The quantitative estimate of drug-likeness (QED) is 0.897. The molecule has 2 N–H and O–H groups in total. The van der Waals surface area contributed by atoms with E-state index < -0.39 is 0 Å². The third-order valence-electron chi connectivity index (χ3n) is 2.65. The second kappa shape index (κ2) is 5.49. The smallest absolute Gasteiger partial charge is 0.219 e. The Kier molecular flexibility index (Phi) is 3.77. The first-order chi connectivity index (χ1) is 8.69.